The maximum absolute atomic E-state index is 13.3. The molecule has 2 amide bonds. The van der Waals surface area contributed by atoms with Gasteiger partial charge in [0.1, 0.15) is 11.4 Å². The van der Waals surface area contributed by atoms with Crippen LogP contribution in [-0.2, 0) is 9.59 Å². The van der Waals surface area contributed by atoms with Crippen LogP contribution in [0.1, 0.15) is 52.9 Å². The van der Waals surface area contributed by atoms with E-state index < -0.39 is 23.5 Å². The molecule has 1 saturated heterocycles. The molecule has 1 spiro atoms. The number of rotatable bonds is 5. The molecule has 10 heteroatoms. The number of unbranched alkanes of at least 4 members (excludes halogenated alkanes) is 1. The number of hydrogen-bond acceptors (Lipinski definition) is 3. The van der Waals surface area contributed by atoms with Crippen molar-refractivity contribution in [1.82, 2.24) is 9.80 Å². The second-order valence-corrected chi connectivity index (χ2v) is 7.30. The Kier molecular flexibility index (Phi) is 5.87. The van der Waals surface area contributed by atoms with Gasteiger partial charge in [0, 0.05) is 25.6 Å². The number of amidine groups is 1. The Balaban J connectivity index is 2.16. The van der Waals surface area contributed by atoms with Crippen molar-refractivity contribution in [2.75, 3.05) is 13.1 Å². The van der Waals surface area contributed by atoms with E-state index in [0.29, 0.717) is 17.2 Å². The summed E-state index contributed by atoms with van der Waals surface area (Å²) in [5, 5.41) is 0. The van der Waals surface area contributed by atoms with Crippen molar-refractivity contribution in [3.63, 3.8) is 0 Å². The molecule has 2 aliphatic rings. The smallest absolute Gasteiger partial charge is 0.337 e. The number of amides is 2. The van der Waals surface area contributed by atoms with Crippen LogP contribution in [0.25, 0.3) is 0 Å². The van der Waals surface area contributed by atoms with Crippen LogP contribution in [0.4, 0.5) is 22.0 Å². The highest BCUT2D eigenvalue weighted by molar-refractivity contribution is 6.08. The zero-order valence-electron chi connectivity index (χ0n) is 15.6. The normalized spacial score (nSPS) is 20.6. The van der Waals surface area contributed by atoms with E-state index >= 15 is 0 Å². The minimum absolute atomic E-state index is 0.0651. The number of aliphatic imine (C=N–C) groups is 1. The van der Waals surface area contributed by atoms with Crippen LogP contribution in [0.5, 0.6) is 0 Å². The lowest BCUT2D eigenvalue weighted by atomic mass is 9.87. The molecule has 0 aromatic rings. The molecule has 0 unspecified atom stereocenters. The van der Waals surface area contributed by atoms with E-state index in [2.05, 4.69) is 4.99 Å². The van der Waals surface area contributed by atoms with Crippen LogP contribution < -0.4 is 0 Å². The lowest BCUT2D eigenvalue weighted by Crippen LogP contribution is -2.57. The summed E-state index contributed by atoms with van der Waals surface area (Å²) >= 11 is 0. The van der Waals surface area contributed by atoms with Crippen LogP contribution in [0, 0.1) is 0 Å². The monoisotopic (exact) mass is 397 g/mol. The Morgan fingerprint density at radius 3 is 2.19 bits per heavy atom. The summed E-state index contributed by atoms with van der Waals surface area (Å²) in [6.45, 7) is 4.93. The third-order valence-electron chi connectivity index (χ3n) is 5.01. The maximum Gasteiger partial charge on any atom is 0.463 e. The summed E-state index contributed by atoms with van der Waals surface area (Å²) in [4.78, 5) is 31.2. The molecular weight excluding hydrogens is 373 g/mol. The van der Waals surface area contributed by atoms with Crippen LogP contribution in [0.15, 0.2) is 4.99 Å². The third kappa shape index (κ3) is 3.80. The fourth-order valence-electron chi connectivity index (χ4n) is 3.46. The summed E-state index contributed by atoms with van der Waals surface area (Å²) in [7, 11) is 0. The lowest BCUT2D eigenvalue weighted by molar-refractivity contribution is -0.274. The van der Waals surface area contributed by atoms with E-state index in [0.717, 1.165) is 12.8 Å². The second-order valence-electron chi connectivity index (χ2n) is 7.30. The number of piperidine rings is 1. The van der Waals surface area contributed by atoms with Gasteiger partial charge in [-0.25, -0.2) is 0 Å². The molecule has 154 valence electrons. The van der Waals surface area contributed by atoms with Gasteiger partial charge in [0.2, 0.25) is 0 Å². The van der Waals surface area contributed by atoms with Crippen molar-refractivity contribution in [2.24, 2.45) is 4.99 Å². The number of hydrogen-bond donors (Lipinski definition) is 0. The Hall–Kier alpha value is -1.74. The highest BCUT2D eigenvalue weighted by Crippen LogP contribution is 2.40. The highest BCUT2D eigenvalue weighted by atomic mass is 19.4. The molecule has 0 atom stereocenters. The van der Waals surface area contributed by atoms with Crippen molar-refractivity contribution in [2.45, 2.75) is 76.6 Å². The second kappa shape index (κ2) is 7.35. The van der Waals surface area contributed by atoms with Gasteiger partial charge in [0.15, 0.2) is 0 Å². The summed E-state index contributed by atoms with van der Waals surface area (Å²) in [5.74, 6) is -7.35. The number of halogens is 5. The molecular formula is C17H24F5N3O2. The average Bonchev–Trinajstić information content (AvgIpc) is 2.84. The first-order valence-electron chi connectivity index (χ1n) is 9.03. The summed E-state index contributed by atoms with van der Waals surface area (Å²) in [6.07, 6.45) is -3.75. The number of alkyl halides is 5. The number of carbonyl (C=O) groups excluding carboxylic acids is 2. The molecule has 27 heavy (non-hydrogen) atoms. The van der Waals surface area contributed by atoms with Crippen molar-refractivity contribution in [1.29, 1.82) is 0 Å². The number of nitrogens with zero attached hydrogens (tertiary/aromatic N) is 3. The van der Waals surface area contributed by atoms with E-state index in [1.165, 1.54) is 0 Å². The zero-order valence-corrected chi connectivity index (χ0v) is 15.6. The first-order chi connectivity index (χ1) is 12.4. The molecule has 1 fully saturated rings. The topological polar surface area (TPSA) is 53.0 Å². The molecule has 2 heterocycles. The standard InChI is InChI=1S/C17H24F5N3O2/c1-4-5-6-12-23-15(13(26)25(12)11(2)3)7-9-24(10-8-15)14(27)16(18,19)17(20,21)22/h11H,4-10H2,1-3H3. The molecule has 2 aliphatic heterocycles. The van der Waals surface area contributed by atoms with Crippen LogP contribution in [0.2, 0.25) is 0 Å². The Bertz CT molecular complexity index is 623. The molecule has 5 nitrogen and oxygen atoms in total. The Morgan fingerprint density at radius 2 is 1.74 bits per heavy atom. The minimum atomic E-state index is -5.94. The molecule has 0 saturated carbocycles. The van der Waals surface area contributed by atoms with Gasteiger partial charge in [-0.2, -0.15) is 22.0 Å². The Morgan fingerprint density at radius 1 is 1.19 bits per heavy atom. The van der Waals surface area contributed by atoms with Gasteiger partial charge in [-0.1, -0.05) is 13.3 Å². The van der Waals surface area contributed by atoms with Gasteiger partial charge in [-0.05, 0) is 33.1 Å². The predicted molar refractivity (Wildman–Crippen MR) is 88.5 cm³/mol. The quantitative estimate of drug-likeness (QED) is 0.668. The van der Waals surface area contributed by atoms with Gasteiger partial charge >= 0.3 is 18.0 Å². The number of likely N-dealkylation sites (tertiary alicyclic amines) is 1. The van der Waals surface area contributed by atoms with E-state index in [4.69, 9.17) is 0 Å². The molecule has 0 radical (unpaired) electrons. The molecule has 0 aromatic heterocycles. The first kappa shape index (κ1) is 21.6. The van der Waals surface area contributed by atoms with Gasteiger partial charge in [0.25, 0.3) is 5.91 Å². The largest absolute Gasteiger partial charge is 0.463 e. The van der Waals surface area contributed by atoms with E-state index in [9.17, 15) is 31.5 Å². The predicted octanol–water partition coefficient (Wildman–Crippen LogP) is 3.38. The van der Waals surface area contributed by atoms with Crippen LogP contribution in [-0.4, -0.2) is 64.2 Å². The van der Waals surface area contributed by atoms with Crippen LogP contribution in [0.3, 0.4) is 0 Å². The van der Waals surface area contributed by atoms with Gasteiger partial charge < -0.3 is 4.90 Å². The van der Waals surface area contributed by atoms with Gasteiger partial charge in [0.05, 0.1) is 0 Å². The van der Waals surface area contributed by atoms with Crippen molar-refractivity contribution in [3.05, 3.63) is 0 Å². The van der Waals surface area contributed by atoms with E-state index in [1.54, 1.807) is 4.90 Å². The fourth-order valence-corrected chi connectivity index (χ4v) is 3.46. The van der Waals surface area contributed by atoms with Crippen molar-refractivity contribution < 1.29 is 31.5 Å². The lowest BCUT2D eigenvalue weighted by Gasteiger charge is -2.38. The molecule has 0 N–H and O–H groups in total. The van der Waals surface area contributed by atoms with E-state index in [1.807, 2.05) is 20.8 Å². The van der Waals surface area contributed by atoms with Gasteiger partial charge in [-0.15, -0.1) is 0 Å². The summed E-state index contributed by atoms with van der Waals surface area (Å²) in [6, 6.07) is -0.137. The zero-order chi connectivity index (χ0) is 20.6. The minimum Gasteiger partial charge on any atom is -0.337 e. The average molecular weight is 397 g/mol. The van der Waals surface area contributed by atoms with Gasteiger partial charge in [-0.3, -0.25) is 19.5 Å². The SMILES string of the molecule is CCCCC1=NC2(CCN(C(=O)C(F)(F)C(F)(F)F)CC2)C(=O)N1C(C)C. The van der Waals surface area contributed by atoms with E-state index in [-0.39, 0.29) is 37.9 Å². The molecule has 0 aromatic carbocycles. The van der Waals surface area contributed by atoms with Crippen molar-refractivity contribution >= 4 is 17.6 Å². The fraction of sp³-hybridized carbons (Fsp3) is 0.824. The maximum atomic E-state index is 13.3. The summed E-state index contributed by atoms with van der Waals surface area (Å²) in [5.41, 5.74) is -1.17. The van der Waals surface area contributed by atoms with Crippen LogP contribution >= 0.6 is 0 Å². The molecule has 0 bridgehead atoms. The summed E-state index contributed by atoms with van der Waals surface area (Å²) < 4.78 is 63.9. The Labute approximate surface area is 154 Å². The molecule has 0 aliphatic carbocycles. The van der Waals surface area contributed by atoms with Crippen molar-refractivity contribution in [3.8, 4) is 0 Å². The first-order valence-corrected chi connectivity index (χ1v) is 9.03. The highest BCUT2D eigenvalue weighted by Gasteiger charge is 2.65. The third-order valence-corrected chi connectivity index (χ3v) is 5.01. The molecule has 2 rings (SSSR count). The number of carbonyl (C=O) groups is 2.